The predicted molar refractivity (Wildman–Crippen MR) is 77.0 cm³/mol. The number of ketones is 1. The highest BCUT2D eigenvalue weighted by atomic mass is 32.1. The van der Waals surface area contributed by atoms with Crippen LogP contribution in [0.25, 0.3) is 0 Å². The molecule has 2 aromatic heterocycles. The maximum atomic E-state index is 12.3. The molecule has 2 heterocycles. The molecule has 0 aliphatic heterocycles. The van der Waals surface area contributed by atoms with Crippen molar-refractivity contribution in [2.75, 3.05) is 0 Å². The van der Waals surface area contributed by atoms with Gasteiger partial charge in [0.05, 0.1) is 17.1 Å². The van der Waals surface area contributed by atoms with Gasteiger partial charge < -0.3 is 4.57 Å². The highest BCUT2D eigenvalue weighted by molar-refractivity contribution is 7.14. The van der Waals surface area contributed by atoms with Crippen molar-refractivity contribution >= 4 is 17.1 Å². The molecule has 0 fully saturated rings. The highest BCUT2D eigenvalue weighted by Gasteiger charge is 2.20. The van der Waals surface area contributed by atoms with E-state index in [2.05, 4.69) is 9.55 Å². The Labute approximate surface area is 117 Å². The molecule has 3 nitrogen and oxygen atoms in total. The van der Waals surface area contributed by atoms with E-state index in [0.29, 0.717) is 6.54 Å². The number of aromatic nitrogens is 2. The fraction of sp³-hybridized carbons (Fsp3) is 0.467. The average Bonchev–Trinajstić information content (AvgIpc) is 2.95. The van der Waals surface area contributed by atoms with Gasteiger partial charge in [0, 0.05) is 10.6 Å². The summed E-state index contributed by atoms with van der Waals surface area (Å²) in [6.07, 6.45) is 4.56. The summed E-state index contributed by atoms with van der Waals surface area (Å²) in [5.74, 6) is 1.18. The number of nitrogens with zero attached hydrogens (tertiary/aromatic N) is 2. The lowest BCUT2D eigenvalue weighted by Gasteiger charge is -2.13. The van der Waals surface area contributed by atoms with Crippen molar-refractivity contribution in [1.82, 2.24) is 9.55 Å². The summed E-state index contributed by atoms with van der Waals surface area (Å²) in [5.41, 5.74) is 2.49. The fourth-order valence-corrected chi connectivity index (χ4v) is 3.55. The summed E-state index contributed by atoms with van der Waals surface area (Å²) >= 11 is 1.58. The van der Waals surface area contributed by atoms with Gasteiger partial charge in [-0.3, -0.25) is 4.79 Å². The van der Waals surface area contributed by atoms with Crippen molar-refractivity contribution < 1.29 is 4.79 Å². The lowest BCUT2D eigenvalue weighted by atomic mass is 10.0. The Balaban J connectivity index is 1.87. The van der Waals surface area contributed by atoms with Gasteiger partial charge >= 0.3 is 0 Å². The topological polar surface area (TPSA) is 34.9 Å². The summed E-state index contributed by atoms with van der Waals surface area (Å²) in [4.78, 5) is 19.0. The van der Waals surface area contributed by atoms with Gasteiger partial charge in [-0.15, -0.1) is 11.3 Å². The quantitative estimate of drug-likeness (QED) is 0.805. The number of fused-ring (bicyclic) bond motifs is 1. The first-order valence-corrected chi connectivity index (χ1v) is 7.61. The number of carbonyl (C=O) groups is 1. The molecule has 1 aliphatic carbocycles. The van der Waals surface area contributed by atoms with E-state index in [1.54, 1.807) is 11.3 Å². The highest BCUT2D eigenvalue weighted by Crippen LogP contribution is 2.23. The van der Waals surface area contributed by atoms with Gasteiger partial charge in [0.1, 0.15) is 5.82 Å². The molecule has 0 atom stereocenters. The first-order chi connectivity index (χ1) is 9.15. The summed E-state index contributed by atoms with van der Waals surface area (Å²) in [6, 6.07) is 3.94. The molecule has 4 heteroatoms. The molecule has 0 saturated carbocycles. The maximum Gasteiger partial charge on any atom is 0.192 e. The zero-order valence-electron chi connectivity index (χ0n) is 11.4. The number of Topliss-reactive ketones (excluding diaryl/α,β-unsaturated/α-hetero) is 1. The predicted octanol–water partition coefficient (Wildman–Crippen LogP) is 3.32. The summed E-state index contributed by atoms with van der Waals surface area (Å²) < 4.78 is 2.12. The van der Waals surface area contributed by atoms with Gasteiger partial charge in [0.25, 0.3) is 0 Å². The molecule has 1 aliphatic rings. The molecule has 0 amide bonds. The van der Waals surface area contributed by atoms with E-state index < -0.39 is 0 Å². The second-order valence-electron chi connectivity index (χ2n) is 5.18. The second-order valence-corrected chi connectivity index (χ2v) is 6.47. The Morgan fingerprint density at radius 2 is 2.11 bits per heavy atom. The van der Waals surface area contributed by atoms with Crippen molar-refractivity contribution in [3.05, 3.63) is 39.1 Å². The molecule has 3 rings (SSSR count). The molecular formula is C15H18N2OS. The molecule has 100 valence electrons. The molecule has 0 unspecified atom stereocenters. The normalized spacial score (nSPS) is 14.4. The standard InChI is InChI=1S/C15H18N2OS/c1-10-7-8-15(19-10)14(18)9-17-11(2)16-12-5-3-4-6-13(12)17/h7-8H,3-6,9H2,1-2H3. The number of hydrogen-bond donors (Lipinski definition) is 0. The molecule has 0 N–H and O–H groups in total. The van der Waals surface area contributed by atoms with Gasteiger partial charge in [-0.1, -0.05) is 0 Å². The van der Waals surface area contributed by atoms with Crippen LogP contribution in [0.5, 0.6) is 0 Å². The maximum absolute atomic E-state index is 12.3. The third-order valence-electron chi connectivity index (χ3n) is 3.74. The minimum Gasteiger partial charge on any atom is -0.324 e. The van der Waals surface area contributed by atoms with E-state index in [-0.39, 0.29) is 5.78 Å². The van der Waals surface area contributed by atoms with E-state index >= 15 is 0 Å². The van der Waals surface area contributed by atoms with E-state index in [0.717, 1.165) is 23.5 Å². The number of rotatable bonds is 3. The summed E-state index contributed by atoms with van der Waals surface area (Å²) in [5, 5.41) is 0. The molecule has 19 heavy (non-hydrogen) atoms. The van der Waals surface area contributed by atoms with Crippen LogP contribution in [-0.2, 0) is 19.4 Å². The van der Waals surface area contributed by atoms with E-state index in [4.69, 9.17) is 0 Å². The first kappa shape index (κ1) is 12.6. The van der Waals surface area contributed by atoms with Crippen molar-refractivity contribution in [3.63, 3.8) is 0 Å². The Kier molecular flexibility index (Phi) is 3.27. The second kappa shape index (κ2) is 4.93. The molecule has 0 radical (unpaired) electrons. The van der Waals surface area contributed by atoms with Gasteiger partial charge in [0.15, 0.2) is 5.78 Å². The van der Waals surface area contributed by atoms with Crippen LogP contribution in [0.1, 0.15) is 44.6 Å². The van der Waals surface area contributed by atoms with Crippen molar-refractivity contribution in [2.45, 2.75) is 46.1 Å². The van der Waals surface area contributed by atoms with Gasteiger partial charge in [0.2, 0.25) is 0 Å². The number of aryl methyl sites for hydroxylation is 3. The zero-order chi connectivity index (χ0) is 13.4. The van der Waals surface area contributed by atoms with Crippen LogP contribution in [0, 0.1) is 13.8 Å². The van der Waals surface area contributed by atoms with Crippen LogP contribution in [-0.4, -0.2) is 15.3 Å². The molecule has 2 aromatic rings. The zero-order valence-corrected chi connectivity index (χ0v) is 12.2. The third-order valence-corrected chi connectivity index (χ3v) is 4.78. The van der Waals surface area contributed by atoms with Crippen LogP contribution in [0.4, 0.5) is 0 Å². The van der Waals surface area contributed by atoms with Crippen molar-refractivity contribution in [2.24, 2.45) is 0 Å². The Morgan fingerprint density at radius 3 is 2.84 bits per heavy atom. The largest absolute Gasteiger partial charge is 0.324 e. The van der Waals surface area contributed by atoms with Crippen LogP contribution in [0.2, 0.25) is 0 Å². The Hall–Kier alpha value is -1.42. The first-order valence-electron chi connectivity index (χ1n) is 6.79. The van der Waals surface area contributed by atoms with Crippen LogP contribution in [0.3, 0.4) is 0 Å². The fourth-order valence-electron chi connectivity index (χ4n) is 2.75. The lowest BCUT2D eigenvalue weighted by Crippen LogP contribution is -2.15. The summed E-state index contributed by atoms with van der Waals surface area (Å²) in [6.45, 7) is 4.48. The monoisotopic (exact) mass is 274 g/mol. The number of thiophene rings is 1. The summed E-state index contributed by atoms with van der Waals surface area (Å²) in [7, 11) is 0. The number of carbonyl (C=O) groups excluding carboxylic acids is 1. The number of imidazole rings is 1. The van der Waals surface area contributed by atoms with Crippen molar-refractivity contribution in [1.29, 1.82) is 0 Å². The van der Waals surface area contributed by atoms with Gasteiger partial charge in [-0.25, -0.2) is 4.98 Å². The van der Waals surface area contributed by atoms with Gasteiger partial charge in [-0.2, -0.15) is 0 Å². The van der Waals surface area contributed by atoms with Crippen LogP contribution in [0.15, 0.2) is 12.1 Å². The average molecular weight is 274 g/mol. The molecule has 0 saturated heterocycles. The van der Waals surface area contributed by atoms with Crippen molar-refractivity contribution in [3.8, 4) is 0 Å². The third kappa shape index (κ3) is 2.37. The minimum atomic E-state index is 0.201. The van der Waals surface area contributed by atoms with Gasteiger partial charge in [-0.05, 0) is 51.7 Å². The van der Waals surface area contributed by atoms with E-state index in [9.17, 15) is 4.79 Å². The minimum absolute atomic E-state index is 0.201. The number of hydrogen-bond acceptors (Lipinski definition) is 3. The van der Waals surface area contributed by atoms with E-state index in [1.165, 1.54) is 29.1 Å². The van der Waals surface area contributed by atoms with E-state index in [1.807, 2.05) is 26.0 Å². The lowest BCUT2D eigenvalue weighted by molar-refractivity contribution is 0.0974. The molecule has 0 spiro atoms. The van der Waals surface area contributed by atoms with Crippen LogP contribution < -0.4 is 0 Å². The molecule has 0 aromatic carbocycles. The SMILES string of the molecule is Cc1ccc(C(=O)Cn2c(C)nc3c2CCCC3)s1. The Morgan fingerprint density at radius 1 is 1.32 bits per heavy atom. The molecule has 0 bridgehead atoms. The Bertz CT molecular complexity index is 624. The van der Waals surface area contributed by atoms with Crippen LogP contribution >= 0.6 is 11.3 Å². The molecular weight excluding hydrogens is 256 g/mol. The smallest absolute Gasteiger partial charge is 0.192 e.